The second kappa shape index (κ2) is 14.3. The third-order valence-electron chi connectivity index (χ3n) is 9.67. The lowest BCUT2D eigenvalue weighted by atomic mass is 9.75. The van der Waals surface area contributed by atoms with E-state index in [0.29, 0.717) is 17.4 Å². The molecule has 5 atom stereocenters. The van der Waals surface area contributed by atoms with Gasteiger partial charge in [0.1, 0.15) is 6.10 Å². The maximum atomic E-state index is 14.8. The van der Waals surface area contributed by atoms with Crippen molar-refractivity contribution in [1.29, 1.82) is 0 Å². The monoisotopic (exact) mass is 645 g/mol. The highest BCUT2D eigenvalue weighted by atomic mass is 32.2. The van der Waals surface area contributed by atoms with Crippen LogP contribution in [0.1, 0.15) is 67.1 Å². The van der Waals surface area contributed by atoms with Crippen LogP contribution < -0.4 is 5.32 Å². The number of nitrogens with zero attached hydrogens (tertiary/aromatic N) is 2. The van der Waals surface area contributed by atoms with Gasteiger partial charge in [-0.3, -0.25) is 4.79 Å². The van der Waals surface area contributed by atoms with Crippen LogP contribution in [0.15, 0.2) is 132 Å². The van der Waals surface area contributed by atoms with E-state index in [4.69, 9.17) is 4.74 Å². The standard InChI is InChI=1S/C40H43N3O3S/c1-28(2)34-25-24-29(3)26-35(34)46-38(45)40(42-37(44)30-16-8-4-9-17-30)36(27-41-43-40)47-39(31-18-10-5-11-19-31,32-20-12-6-13-21-32)33-22-14-7-15-23-33/h4-23,28-29,34-36H,24-27H2,1-3H3,(H,42,44)/t29-,34+,35-,36+,40+/m1/s1. The fraction of sp³-hybridized carbons (Fsp3) is 0.350. The predicted octanol–water partition coefficient (Wildman–Crippen LogP) is 8.68. The molecule has 0 bridgehead atoms. The molecule has 2 aliphatic rings. The molecule has 7 heteroatoms. The summed E-state index contributed by atoms with van der Waals surface area (Å²) in [6.07, 6.45) is 2.63. The van der Waals surface area contributed by atoms with Crippen molar-refractivity contribution in [2.24, 2.45) is 28.0 Å². The normalized spacial score (nSPS) is 24.2. The maximum absolute atomic E-state index is 14.8. The van der Waals surface area contributed by atoms with Gasteiger partial charge in [0, 0.05) is 5.56 Å². The van der Waals surface area contributed by atoms with Gasteiger partial charge in [0.05, 0.1) is 16.5 Å². The molecule has 1 amide bonds. The summed E-state index contributed by atoms with van der Waals surface area (Å²) in [5.74, 6) is 0.0883. The number of benzene rings is 4. The van der Waals surface area contributed by atoms with Crippen LogP contribution in [0, 0.1) is 17.8 Å². The second-order valence-corrected chi connectivity index (χ2v) is 14.6. The Morgan fingerprint density at radius 2 is 1.32 bits per heavy atom. The van der Waals surface area contributed by atoms with Crippen LogP contribution in [0.25, 0.3) is 0 Å². The molecule has 4 aromatic carbocycles. The number of azo groups is 1. The highest BCUT2D eigenvalue weighted by Gasteiger charge is 2.57. The largest absolute Gasteiger partial charge is 0.459 e. The minimum Gasteiger partial charge on any atom is -0.459 e. The summed E-state index contributed by atoms with van der Waals surface area (Å²) in [6.45, 7) is 6.83. The van der Waals surface area contributed by atoms with E-state index < -0.39 is 27.5 Å². The number of amides is 1. The zero-order chi connectivity index (χ0) is 32.9. The first-order valence-electron chi connectivity index (χ1n) is 16.6. The molecule has 4 aromatic rings. The number of thioether (sulfide) groups is 1. The van der Waals surface area contributed by atoms with E-state index in [1.807, 2.05) is 72.8 Å². The highest BCUT2D eigenvalue weighted by Crippen LogP contribution is 2.53. The van der Waals surface area contributed by atoms with Crippen molar-refractivity contribution < 1.29 is 14.3 Å². The van der Waals surface area contributed by atoms with Crippen molar-refractivity contribution in [2.75, 3.05) is 6.54 Å². The van der Waals surface area contributed by atoms with Crippen molar-refractivity contribution in [3.05, 3.63) is 144 Å². The Morgan fingerprint density at radius 3 is 1.83 bits per heavy atom. The van der Waals surface area contributed by atoms with Gasteiger partial charge in [-0.2, -0.15) is 10.2 Å². The molecule has 1 N–H and O–H groups in total. The van der Waals surface area contributed by atoms with E-state index in [1.54, 1.807) is 23.9 Å². The van der Waals surface area contributed by atoms with E-state index in [1.165, 1.54) is 0 Å². The Labute approximate surface area is 282 Å². The van der Waals surface area contributed by atoms with Gasteiger partial charge in [0.2, 0.25) is 0 Å². The molecule has 1 saturated carbocycles. The van der Waals surface area contributed by atoms with Crippen molar-refractivity contribution in [3.8, 4) is 0 Å². The number of hydrogen-bond donors (Lipinski definition) is 1. The van der Waals surface area contributed by atoms with Crippen molar-refractivity contribution >= 4 is 23.6 Å². The SMILES string of the molecule is CC(C)[C@@H]1CC[C@@H](C)C[C@H]1OC(=O)[C@@]1(NC(=O)c2ccccc2)N=NC[C@@H]1SC(c1ccccc1)(c1ccccc1)c1ccccc1. The summed E-state index contributed by atoms with van der Waals surface area (Å²) in [5.41, 5.74) is 1.85. The van der Waals surface area contributed by atoms with Crippen LogP contribution in [-0.4, -0.2) is 35.4 Å². The summed E-state index contributed by atoms with van der Waals surface area (Å²) in [7, 11) is 0. The van der Waals surface area contributed by atoms with E-state index in [0.717, 1.165) is 36.0 Å². The summed E-state index contributed by atoms with van der Waals surface area (Å²) in [4.78, 5) is 28.7. The second-order valence-electron chi connectivity index (χ2n) is 13.2. The minimum absolute atomic E-state index is 0.234. The molecule has 1 fully saturated rings. The molecule has 1 heterocycles. The zero-order valence-corrected chi connectivity index (χ0v) is 28.1. The maximum Gasteiger partial charge on any atom is 0.358 e. The lowest BCUT2D eigenvalue weighted by molar-refractivity contribution is -0.163. The minimum atomic E-state index is -1.73. The number of rotatable bonds is 10. The molecule has 1 aliphatic heterocycles. The fourth-order valence-corrected chi connectivity index (χ4v) is 8.88. The molecule has 47 heavy (non-hydrogen) atoms. The number of hydrogen-bond acceptors (Lipinski definition) is 6. The van der Waals surface area contributed by atoms with E-state index in [9.17, 15) is 9.59 Å². The van der Waals surface area contributed by atoms with Crippen LogP contribution in [0.4, 0.5) is 0 Å². The summed E-state index contributed by atoms with van der Waals surface area (Å²) in [5, 5.41) is 11.6. The van der Waals surface area contributed by atoms with E-state index in [2.05, 4.69) is 72.7 Å². The molecule has 242 valence electrons. The molecule has 0 aromatic heterocycles. The lowest BCUT2D eigenvalue weighted by Gasteiger charge is -2.42. The van der Waals surface area contributed by atoms with Crippen molar-refractivity contribution in [2.45, 2.75) is 61.8 Å². The summed E-state index contributed by atoms with van der Waals surface area (Å²) < 4.78 is 5.74. The van der Waals surface area contributed by atoms with Gasteiger partial charge in [-0.05, 0) is 59.4 Å². The molecule has 0 radical (unpaired) electrons. The van der Waals surface area contributed by atoms with Gasteiger partial charge >= 0.3 is 5.97 Å². The molecule has 0 unspecified atom stereocenters. The number of carbonyl (C=O) groups excluding carboxylic acids is 2. The van der Waals surface area contributed by atoms with Gasteiger partial charge in [0.25, 0.3) is 11.6 Å². The number of nitrogens with one attached hydrogen (secondary N) is 1. The van der Waals surface area contributed by atoms with Gasteiger partial charge in [-0.25, -0.2) is 4.79 Å². The predicted molar refractivity (Wildman–Crippen MR) is 188 cm³/mol. The average molecular weight is 646 g/mol. The van der Waals surface area contributed by atoms with Crippen molar-refractivity contribution in [1.82, 2.24) is 5.32 Å². The first kappa shape index (κ1) is 32.7. The van der Waals surface area contributed by atoms with E-state index >= 15 is 0 Å². The summed E-state index contributed by atoms with van der Waals surface area (Å²) in [6, 6.07) is 39.9. The van der Waals surface area contributed by atoms with Gasteiger partial charge in [-0.15, -0.1) is 11.8 Å². The van der Waals surface area contributed by atoms with Crippen LogP contribution in [0.3, 0.4) is 0 Å². The Morgan fingerprint density at radius 1 is 0.809 bits per heavy atom. The number of carbonyl (C=O) groups is 2. The smallest absolute Gasteiger partial charge is 0.358 e. The van der Waals surface area contributed by atoms with Crippen LogP contribution in [-0.2, 0) is 14.3 Å². The average Bonchev–Trinajstić information content (AvgIpc) is 3.51. The highest BCUT2D eigenvalue weighted by molar-refractivity contribution is 8.01. The number of ether oxygens (including phenoxy) is 1. The Bertz CT molecular complexity index is 1570. The Hall–Kier alpha value is -4.23. The Balaban J connectivity index is 1.47. The third-order valence-corrected chi connectivity index (χ3v) is 11.5. The summed E-state index contributed by atoms with van der Waals surface area (Å²) >= 11 is 1.60. The molecule has 0 spiro atoms. The van der Waals surface area contributed by atoms with Crippen LogP contribution in [0.5, 0.6) is 0 Å². The van der Waals surface area contributed by atoms with Gasteiger partial charge in [0.15, 0.2) is 0 Å². The topological polar surface area (TPSA) is 80.1 Å². The lowest BCUT2D eigenvalue weighted by Crippen LogP contribution is -2.61. The quantitative estimate of drug-likeness (QED) is 0.138. The number of esters is 1. The van der Waals surface area contributed by atoms with Crippen LogP contribution >= 0.6 is 11.8 Å². The van der Waals surface area contributed by atoms with E-state index in [-0.39, 0.29) is 18.6 Å². The van der Waals surface area contributed by atoms with Crippen molar-refractivity contribution in [3.63, 3.8) is 0 Å². The molecule has 6 nitrogen and oxygen atoms in total. The van der Waals surface area contributed by atoms with Gasteiger partial charge < -0.3 is 10.1 Å². The molecular formula is C40H43N3O3S. The molecule has 6 rings (SSSR count). The third kappa shape index (κ3) is 6.64. The fourth-order valence-electron chi connectivity index (χ4n) is 7.12. The zero-order valence-electron chi connectivity index (χ0n) is 27.3. The molecule has 0 saturated heterocycles. The van der Waals surface area contributed by atoms with Gasteiger partial charge in [-0.1, -0.05) is 136 Å². The molecular weight excluding hydrogens is 603 g/mol. The van der Waals surface area contributed by atoms with Crippen LogP contribution in [0.2, 0.25) is 0 Å². The molecule has 1 aliphatic carbocycles. The Kier molecular flexibility index (Phi) is 9.92. The first-order valence-corrected chi connectivity index (χ1v) is 17.5. The first-order chi connectivity index (χ1) is 22.8.